The van der Waals surface area contributed by atoms with Gasteiger partial charge in [-0.15, -0.1) is 11.6 Å². The predicted octanol–water partition coefficient (Wildman–Crippen LogP) is 3.59. The number of nitrogens with zero attached hydrogens (tertiary/aromatic N) is 3. The number of aromatic nitrogens is 3. The fourth-order valence-corrected chi connectivity index (χ4v) is 3.04. The van der Waals surface area contributed by atoms with Crippen LogP contribution in [-0.2, 0) is 12.4 Å². The number of pyridine rings is 1. The quantitative estimate of drug-likeness (QED) is 0.685. The monoisotopic (exact) mass is 277 g/mol. The maximum absolute atomic E-state index is 5.97. The molecule has 0 saturated carbocycles. The highest BCUT2D eigenvalue weighted by molar-refractivity contribution is 7.08. The van der Waals surface area contributed by atoms with E-state index in [2.05, 4.69) is 32.2 Å². The van der Waals surface area contributed by atoms with Crippen molar-refractivity contribution in [2.45, 2.75) is 19.3 Å². The molecule has 92 valence electrons. The molecule has 3 heterocycles. The molecule has 0 aromatic carbocycles. The van der Waals surface area contributed by atoms with E-state index in [1.165, 1.54) is 11.1 Å². The zero-order chi connectivity index (χ0) is 12.5. The van der Waals surface area contributed by atoms with Gasteiger partial charge in [-0.3, -0.25) is 0 Å². The Hall–Kier alpha value is -1.39. The van der Waals surface area contributed by atoms with Crippen LogP contribution < -0.4 is 0 Å². The van der Waals surface area contributed by atoms with Crippen LogP contribution in [0.25, 0.3) is 11.2 Å². The van der Waals surface area contributed by atoms with Gasteiger partial charge in [0.2, 0.25) is 0 Å². The second-order valence-electron chi connectivity index (χ2n) is 4.17. The van der Waals surface area contributed by atoms with Crippen LogP contribution in [0.5, 0.6) is 0 Å². The van der Waals surface area contributed by atoms with Crippen molar-refractivity contribution < 1.29 is 0 Å². The van der Waals surface area contributed by atoms with Crippen molar-refractivity contribution in [3.05, 3.63) is 46.0 Å². The van der Waals surface area contributed by atoms with Gasteiger partial charge in [0.1, 0.15) is 11.3 Å². The van der Waals surface area contributed by atoms with E-state index in [-0.39, 0.29) is 0 Å². The SMILES string of the molecule is Cc1cscc1Cn1c(CCl)nc2cccnc21. The molecule has 3 rings (SSSR count). The molecule has 0 bridgehead atoms. The summed E-state index contributed by atoms with van der Waals surface area (Å²) in [6.45, 7) is 2.91. The fraction of sp³-hybridized carbons (Fsp3) is 0.231. The van der Waals surface area contributed by atoms with E-state index in [1.54, 1.807) is 17.5 Å². The van der Waals surface area contributed by atoms with E-state index < -0.39 is 0 Å². The van der Waals surface area contributed by atoms with Crippen molar-refractivity contribution in [2.75, 3.05) is 0 Å². The molecule has 0 aliphatic carbocycles. The van der Waals surface area contributed by atoms with E-state index >= 15 is 0 Å². The van der Waals surface area contributed by atoms with Crippen LogP contribution in [0.1, 0.15) is 17.0 Å². The van der Waals surface area contributed by atoms with Crippen molar-refractivity contribution >= 4 is 34.1 Å². The number of halogens is 1. The molecule has 0 aliphatic heterocycles. The second-order valence-corrected chi connectivity index (χ2v) is 5.18. The second kappa shape index (κ2) is 4.71. The molecular weight excluding hydrogens is 266 g/mol. The molecule has 0 fully saturated rings. The summed E-state index contributed by atoms with van der Waals surface area (Å²) >= 11 is 7.69. The summed E-state index contributed by atoms with van der Waals surface area (Å²) in [5.41, 5.74) is 4.41. The summed E-state index contributed by atoms with van der Waals surface area (Å²) in [4.78, 5) is 8.92. The average Bonchev–Trinajstić information content (AvgIpc) is 2.95. The van der Waals surface area contributed by atoms with Gasteiger partial charge >= 0.3 is 0 Å². The number of thiophene rings is 1. The highest BCUT2D eigenvalue weighted by Crippen LogP contribution is 2.20. The predicted molar refractivity (Wildman–Crippen MR) is 75.2 cm³/mol. The summed E-state index contributed by atoms with van der Waals surface area (Å²) in [7, 11) is 0. The van der Waals surface area contributed by atoms with Gasteiger partial charge < -0.3 is 4.57 Å². The van der Waals surface area contributed by atoms with Gasteiger partial charge in [0.25, 0.3) is 0 Å². The highest BCUT2D eigenvalue weighted by Gasteiger charge is 2.12. The third-order valence-corrected chi connectivity index (χ3v) is 4.14. The lowest BCUT2D eigenvalue weighted by molar-refractivity contribution is 0.769. The summed E-state index contributed by atoms with van der Waals surface area (Å²) in [6.07, 6.45) is 1.79. The molecule has 5 heteroatoms. The van der Waals surface area contributed by atoms with Crippen LogP contribution in [-0.4, -0.2) is 14.5 Å². The Balaban J connectivity index is 2.12. The lowest BCUT2D eigenvalue weighted by Gasteiger charge is -2.06. The standard InChI is InChI=1S/C13H12ClN3S/c1-9-7-18-8-10(9)6-17-12(5-14)16-11-3-2-4-15-13(11)17/h2-4,7-8H,5-6H2,1H3. The number of fused-ring (bicyclic) bond motifs is 1. The average molecular weight is 278 g/mol. The lowest BCUT2D eigenvalue weighted by Crippen LogP contribution is -2.04. The molecular formula is C13H12ClN3S. The first-order chi connectivity index (χ1) is 8.79. The van der Waals surface area contributed by atoms with Crippen LogP contribution in [0.3, 0.4) is 0 Å². The summed E-state index contributed by atoms with van der Waals surface area (Å²) < 4.78 is 2.09. The molecule has 18 heavy (non-hydrogen) atoms. The molecule has 0 atom stereocenters. The van der Waals surface area contributed by atoms with E-state index in [0.717, 1.165) is 23.5 Å². The maximum atomic E-state index is 5.97. The number of alkyl halides is 1. The summed E-state index contributed by atoms with van der Waals surface area (Å²) in [5.74, 6) is 1.27. The van der Waals surface area contributed by atoms with Gasteiger partial charge in [0, 0.05) is 6.20 Å². The summed E-state index contributed by atoms with van der Waals surface area (Å²) in [5, 5.41) is 4.32. The van der Waals surface area contributed by atoms with E-state index in [4.69, 9.17) is 11.6 Å². The number of hydrogen-bond donors (Lipinski definition) is 0. The van der Waals surface area contributed by atoms with Gasteiger partial charge in [-0.05, 0) is 40.9 Å². The van der Waals surface area contributed by atoms with Crippen molar-refractivity contribution in [1.29, 1.82) is 0 Å². The van der Waals surface area contributed by atoms with E-state index in [9.17, 15) is 0 Å². The van der Waals surface area contributed by atoms with Gasteiger partial charge in [0.05, 0.1) is 12.4 Å². The smallest absolute Gasteiger partial charge is 0.160 e. The number of rotatable bonds is 3. The Morgan fingerprint density at radius 3 is 3.00 bits per heavy atom. The van der Waals surface area contributed by atoms with Crippen LogP contribution in [0, 0.1) is 6.92 Å². The minimum atomic E-state index is 0.402. The fourth-order valence-electron chi connectivity index (χ4n) is 1.99. The Morgan fingerprint density at radius 2 is 2.28 bits per heavy atom. The van der Waals surface area contributed by atoms with Crippen molar-refractivity contribution in [3.63, 3.8) is 0 Å². The topological polar surface area (TPSA) is 30.7 Å². The zero-order valence-electron chi connectivity index (χ0n) is 9.93. The molecule has 0 spiro atoms. The minimum absolute atomic E-state index is 0.402. The number of aryl methyl sites for hydroxylation is 1. The van der Waals surface area contributed by atoms with Crippen LogP contribution in [0.2, 0.25) is 0 Å². The number of hydrogen-bond acceptors (Lipinski definition) is 3. The van der Waals surface area contributed by atoms with Gasteiger partial charge in [-0.2, -0.15) is 11.3 Å². The molecule has 3 aromatic rings. The molecule has 0 saturated heterocycles. The molecule has 3 nitrogen and oxygen atoms in total. The largest absolute Gasteiger partial charge is 0.307 e. The van der Waals surface area contributed by atoms with Gasteiger partial charge in [0.15, 0.2) is 5.65 Å². The normalized spacial score (nSPS) is 11.2. The van der Waals surface area contributed by atoms with E-state index in [0.29, 0.717) is 5.88 Å². The molecule has 0 unspecified atom stereocenters. The molecule has 0 radical (unpaired) electrons. The Bertz CT molecular complexity index is 686. The molecule has 0 amide bonds. The van der Waals surface area contributed by atoms with Gasteiger partial charge in [-0.25, -0.2) is 9.97 Å². The van der Waals surface area contributed by atoms with Crippen molar-refractivity contribution in [3.8, 4) is 0 Å². The van der Waals surface area contributed by atoms with Crippen LogP contribution in [0.4, 0.5) is 0 Å². The highest BCUT2D eigenvalue weighted by atomic mass is 35.5. The first kappa shape index (κ1) is 11.7. The Morgan fingerprint density at radius 1 is 1.39 bits per heavy atom. The van der Waals surface area contributed by atoms with Crippen molar-refractivity contribution in [1.82, 2.24) is 14.5 Å². The first-order valence-electron chi connectivity index (χ1n) is 5.67. The Labute approximate surface area is 114 Å². The zero-order valence-corrected chi connectivity index (χ0v) is 11.5. The van der Waals surface area contributed by atoms with Crippen molar-refractivity contribution in [2.24, 2.45) is 0 Å². The first-order valence-corrected chi connectivity index (χ1v) is 7.15. The van der Waals surface area contributed by atoms with Crippen LogP contribution >= 0.6 is 22.9 Å². The summed E-state index contributed by atoms with van der Waals surface area (Å²) in [6, 6.07) is 3.86. The molecule has 0 aliphatic rings. The Kier molecular flexibility index (Phi) is 3.06. The van der Waals surface area contributed by atoms with Gasteiger partial charge in [-0.1, -0.05) is 0 Å². The maximum Gasteiger partial charge on any atom is 0.160 e. The van der Waals surface area contributed by atoms with Crippen LogP contribution in [0.15, 0.2) is 29.1 Å². The molecule has 0 N–H and O–H groups in total. The van der Waals surface area contributed by atoms with E-state index in [1.807, 2.05) is 12.1 Å². The third kappa shape index (κ3) is 1.91. The molecule has 3 aromatic heterocycles. The number of imidazole rings is 1. The minimum Gasteiger partial charge on any atom is -0.307 e. The third-order valence-electron chi connectivity index (χ3n) is 2.99. The lowest BCUT2D eigenvalue weighted by atomic mass is 10.2.